The second-order valence-electron chi connectivity index (χ2n) is 7.56. The normalized spacial score (nSPS) is 22.2. The van der Waals surface area contributed by atoms with E-state index in [9.17, 15) is 8.42 Å². The molecule has 0 bridgehead atoms. The Bertz CT molecular complexity index is 508. The highest BCUT2D eigenvalue weighted by atomic mass is 127. The topological polar surface area (TPSA) is 70.6 Å². The van der Waals surface area contributed by atoms with Crippen LogP contribution in [0.15, 0.2) is 4.99 Å². The Morgan fingerprint density at radius 3 is 2.56 bits per heavy atom. The first-order valence-electron chi connectivity index (χ1n) is 8.91. The summed E-state index contributed by atoms with van der Waals surface area (Å²) in [7, 11) is -1.12. The van der Waals surface area contributed by atoms with E-state index in [1.165, 1.54) is 37.7 Å². The summed E-state index contributed by atoms with van der Waals surface area (Å²) in [6.45, 7) is 7.11. The van der Waals surface area contributed by atoms with E-state index in [0.29, 0.717) is 19.0 Å². The van der Waals surface area contributed by atoms with Gasteiger partial charge in [-0.15, -0.1) is 24.0 Å². The highest BCUT2D eigenvalue weighted by Crippen LogP contribution is 2.28. The van der Waals surface area contributed by atoms with Crippen LogP contribution in [-0.2, 0) is 9.84 Å². The quantitative estimate of drug-likeness (QED) is 0.301. The lowest BCUT2D eigenvalue weighted by Gasteiger charge is -2.31. The van der Waals surface area contributed by atoms with Gasteiger partial charge in [-0.2, -0.15) is 11.8 Å². The molecule has 1 aliphatic carbocycles. The highest BCUT2D eigenvalue weighted by molar-refractivity contribution is 14.0. The van der Waals surface area contributed by atoms with Crippen LogP contribution in [0.1, 0.15) is 52.9 Å². The number of guanidine groups is 1. The van der Waals surface area contributed by atoms with E-state index in [4.69, 9.17) is 0 Å². The Labute approximate surface area is 175 Å². The van der Waals surface area contributed by atoms with E-state index in [1.54, 1.807) is 7.05 Å². The van der Waals surface area contributed by atoms with Gasteiger partial charge < -0.3 is 10.6 Å². The van der Waals surface area contributed by atoms with Gasteiger partial charge in [-0.1, -0.05) is 27.2 Å². The SMILES string of the molecule is CCSC1CCCC(NC(=NC)NCC(C)(C)CCS(C)(=O)=O)C1.I. The monoisotopic (exact) mass is 505 g/mol. The largest absolute Gasteiger partial charge is 0.356 e. The molecule has 0 aromatic heterocycles. The first-order chi connectivity index (χ1) is 11.1. The highest BCUT2D eigenvalue weighted by Gasteiger charge is 2.24. The lowest BCUT2D eigenvalue weighted by Crippen LogP contribution is -2.48. The van der Waals surface area contributed by atoms with Gasteiger partial charge >= 0.3 is 0 Å². The predicted octanol–water partition coefficient (Wildman–Crippen LogP) is 3.29. The zero-order valence-electron chi connectivity index (χ0n) is 16.3. The summed E-state index contributed by atoms with van der Waals surface area (Å²) in [5, 5.41) is 7.68. The lowest BCUT2D eigenvalue weighted by atomic mass is 9.90. The minimum atomic E-state index is -2.91. The van der Waals surface area contributed by atoms with Crippen molar-refractivity contribution in [1.29, 1.82) is 0 Å². The molecule has 25 heavy (non-hydrogen) atoms. The Balaban J connectivity index is 0.00000576. The van der Waals surface area contributed by atoms with E-state index in [2.05, 4.69) is 48.2 Å². The van der Waals surface area contributed by atoms with Gasteiger partial charge in [-0.05, 0) is 36.9 Å². The second-order valence-corrected chi connectivity index (χ2v) is 11.4. The van der Waals surface area contributed by atoms with Crippen molar-refractivity contribution in [2.24, 2.45) is 10.4 Å². The summed E-state index contributed by atoms with van der Waals surface area (Å²) in [6, 6.07) is 0.480. The second kappa shape index (κ2) is 11.9. The molecule has 0 spiro atoms. The van der Waals surface area contributed by atoms with E-state index in [0.717, 1.165) is 11.2 Å². The van der Waals surface area contributed by atoms with Crippen LogP contribution in [0.2, 0.25) is 0 Å². The molecule has 0 aliphatic heterocycles. The van der Waals surface area contributed by atoms with Gasteiger partial charge in [0.2, 0.25) is 0 Å². The fourth-order valence-electron chi connectivity index (χ4n) is 2.92. The molecule has 0 saturated heterocycles. The standard InChI is InChI=1S/C17H35N3O2S2.HI/c1-6-23-15-9-7-8-14(12-15)20-16(18-4)19-13-17(2,3)10-11-24(5,21)22;/h14-15H,6-13H2,1-5H3,(H2,18,19,20);1H. The van der Waals surface area contributed by atoms with Crippen LogP contribution in [0.4, 0.5) is 0 Å². The number of hydrogen-bond acceptors (Lipinski definition) is 4. The van der Waals surface area contributed by atoms with Crippen LogP contribution in [-0.4, -0.2) is 57.0 Å². The minimum absolute atomic E-state index is 0. The summed E-state index contributed by atoms with van der Waals surface area (Å²) in [6.07, 6.45) is 6.92. The smallest absolute Gasteiger partial charge is 0.191 e. The summed E-state index contributed by atoms with van der Waals surface area (Å²) < 4.78 is 22.7. The van der Waals surface area contributed by atoms with E-state index in [-0.39, 0.29) is 35.1 Å². The first-order valence-corrected chi connectivity index (χ1v) is 12.0. The third-order valence-corrected chi connectivity index (χ3v) is 6.66. The van der Waals surface area contributed by atoms with Gasteiger partial charge in [0.05, 0.1) is 5.75 Å². The molecule has 0 aromatic rings. The fourth-order valence-corrected chi connectivity index (χ4v) is 5.02. The van der Waals surface area contributed by atoms with Crippen LogP contribution in [0.5, 0.6) is 0 Å². The summed E-state index contributed by atoms with van der Waals surface area (Å²) in [4.78, 5) is 4.33. The molecule has 2 N–H and O–H groups in total. The number of nitrogens with zero attached hydrogens (tertiary/aromatic N) is 1. The first kappa shape index (κ1) is 25.3. The fraction of sp³-hybridized carbons (Fsp3) is 0.941. The number of rotatable bonds is 8. The van der Waals surface area contributed by atoms with Gasteiger partial charge in [0.25, 0.3) is 0 Å². The molecule has 0 heterocycles. The minimum Gasteiger partial charge on any atom is -0.356 e. The number of sulfone groups is 1. The number of hydrogen-bond donors (Lipinski definition) is 2. The van der Waals surface area contributed by atoms with Crippen LogP contribution >= 0.6 is 35.7 Å². The van der Waals surface area contributed by atoms with Crippen LogP contribution < -0.4 is 10.6 Å². The van der Waals surface area contributed by atoms with Gasteiger partial charge in [0, 0.05) is 31.1 Å². The number of thioether (sulfide) groups is 1. The molecule has 2 atom stereocenters. The Morgan fingerprint density at radius 2 is 2.00 bits per heavy atom. The van der Waals surface area contributed by atoms with Crippen molar-refractivity contribution in [2.75, 3.05) is 31.4 Å². The van der Waals surface area contributed by atoms with Gasteiger partial charge in [-0.3, -0.25) is 4.99 Å². The van der Waals surface area contributed by atoms with Crippen molar-refractivity contribution >= 4 is 51.5 Å². The molecule has 0 amide bonds. The number of nitrogens with one attached hydrogen (secondary N) is 2. The summed E-state index contributed by atoms with van der Waals surface area (Å²) >= 11 is 2.06. The third kappa shape index (κ3) is 11.6. The molecule has 150 valence electrons. The predicted molar refractivity (Wildman–Crippen MR) is 122 cm³/mol. The van der Waals surface area contributed by atoms with Gasteiger partial charge in [0.1, 0.15) is 9.84 Å². The van der Waals surface area contributed by atoms with Crippen LogP contribution in [0.25, 0.3) is 0 Å². The maximum absolute atomic E-state index is 11.4. The van der Waals surface area contributed by atoms with Crippen LogP contribution in [0, 0.1) is 5.41 Å². The average molecular weight is 506 g/mol. The van der Waals surface area contributed by atoms with Crippen molar-refractivity contribution in [3.05, 3.63) is 0 Å². The van der Waals surface area contributed by atoms with Gasteiger partial charge in [-0.25, -0.2) is 8.42 Å². The molecule has 5 nitrogen and oxygen atoms in total. The van der Waals surface area contributed by atoms with E-state index < -0.39 is 9.84 Å². The van der Waals surface area contributed by atoms with Crippen molar-refractivity contribution in [1.82, 2.24) is 10.6 Å². The molecule has 0 radical (unpaired) electrons. The van der Waals surface area contributed by atoms with Crippen molar-refractivity contribution in [3.63, 3.8) is 0 Å². The van der Waals surface area contributed by atoms with Crippen molar-refractivity contribution in [3.8, 4) is 0 Å². The molecule has 1 aliphatic rings. The maximum atomic E-state index is 11.4. The summed E-state index contributed by atoms with van der Waals surface area (Å²) in [5.41, 5.74) is -0.0894. The molecule has 0 aromatic carbocycles. The number of aliphatic imine (C=N–C) groups is 1. The summed E-state index contributed by atoms with van der Waals surface area (Å²) in [5.74, 6) is 2.24. The van der Waals surface area contributed by atoms with Gasteiger partial charge in [0.15, 0.2) is 5.96 Å². The molecule has 1 saturated carbocycles. The molecule has 1 rings (SSSR count). The molecular formula is C17H36IN3O2S2. The zero-order valence-corrected chi connectivity index (χ0v) is 20.3. The Kier molecular flexibility index (Phi) is 12.0. The zero-order chi connectivity index (χ0) is 18.2. The maximum Gasteiger partial charge on any atom is 0.191 e. The Hall–Kier alpha value is 0.300. The lowest BCUT2D eigenvalue weighted by molar-refractivity contribution is 0.345. The van der Waals surface area contributed by atoms with Crippen molar-refractivity contribution in [2.45, 2.75) is 64.2 Å². The number of halogens is 1. The van der Waals surface area contributed by atoms with E-state index >= 15 is 0 Å². The Morgan fingerprint density at radius 1 is 1.32 bits per heavy atom. The molecule has 1 fully saturated rings. The van der Waals surface area contributed by atoms with Crippen molar-refractivity contribution < 1.29 is 8.42 Å². The average Bonchev–Trinajstić information content (AvgIpc) is 2.50. The van der Waals surface area contributed by atoms with Crippen LogP contribution in [0.3, 0.4) is 0 Å². The van der Waals surface area contributed by atoms with E-state index in [1.807, 2.05) is 0 Å². The third-order valence-electron chi connectivity index (χ3n) is 4.48. The molecule has 8 heteroatoms. The molecule has 2 unspecified atom stereocenters. The molecular weight excluding hydrogens is 469 g/mol.